The molecule has 0 radical (unpaired) electrons. The minimum atomic E-state index is -0.136. The molecule has 1 aliphatic rings. The molecule has 0 bridgehead atoms. The maximum atomic E-state index is 11.8. The van der Waals surface area contributed by atoms with Gasteiger partial charge in [0.25, 0.3) is 0 Å². The summed E-state index contributed by atoms with van der Waals surface area (Å²) in [5.41, 5.74) is 1.04. The molecule has 1 unspecified atom stereocenters. The molecule has 0 aliphatic heterocycles. The Bertz CT molecular complexity index is 415. The highest BCUT2D eigenvalue weighted by Gasteiger charge is 2.38. The summed E-state index contributed by atoms with van der Waals surface area (Å²) in [6.45, 7) is 0. The molecule has 1 fully saturated rings. The third kappa shape index (κ3) is 2.51. The molecule has 2 rings (SSSR count). The van der Waals surface area contributed by atoms with E-state index in [-0.39, 0.29) is 11.9 Å². The van der Waals surface area contributed by atoms with Gasteiger partial charge in [-0.05, 0) is 59.0 Å². The zero-order valence-corrected chi connectivity index (χ0v) is 11.8. The molecule has 0 aromatic heterocycles. The fourth-order valence-corrected chi connectivity index (χ4v) is 3.09. The fourth-order valence-electron chi connectivity index (χ4n) is 1.88. The Morgan fingerprint density at radius 3 is 2.75 bits per heavy atom. The van der Waals surface area contributed by atoms with Gasteiger partial charge in [0.05, 0.1) is 13.0 Å². The molecule has 0 spiro atoms. The number of halogens is 2. The lowest BCUT2D eigenvalue weighted by Crippen LogP contribution is -2.17. The van der Waals surface area contributed by atoms with Crippen molar-refractivity contribution in [2.45, 2.75) is 18.8 Å². The molecule has 0 N–H and O–H groups in total. The van der Waals surface area contributed by atoms with Crippen molar-refractivity contribution in [3.8, 4) is 0 Å². The summed E-state index contributed by atoms with van der Waals surface area (Å²) in [5, 5.41) is 0.701. The van der Waals surface area contributed by atoms with E-state index in [2.05, 4.69) is 22.6 Å². The first kappa shape index (κ1) is 12.2. The van der Waals surface area contributed by atoms with E-state index in [1.165, 1.54) is 7.11 Å². The second kappa shape index (κ2) is 4.92. The Hall–Kier alpha value is -0.290. The molecular weight excluding hydrogens is 338 g/mol. The molecule has 86 valence electrons. The van der Waals surface area contributed by atoms with Crippen molar-refractivity contribution in [3.63, 3.8) is 0 Å². The normalized spacial score (nSPS) is 16.9. The van der Waals surface area contributed by atoms with Crippen LogP contribution >= 0.6 is 34.2 Å². The van der Waals surface area contributed by atoms with Crippen molar-refractivity contribution >= 4 is 40.2 Å². The standard InChI is InChI=1S/C12H12ClIO2/c1-16-12(15)11(7-2-3-7)9-5-4-8(13)6-10(9)14/h4-7,11H,2-3H2,1H3. The first-order valence-corrected chi connectivity index (χ1v) is 6.62. The minimum Gasteiger partial charge on any atom is -0.469 e. The molecule has 4 heteroatoms. The molecule has 2 nitrogen and oxygen atoms in total. The average molecular weight is 351 g/mol. The zero-order valence-electron chi connectivity index (χ0n) is 8.87. The van der Waals surface area contributed by atoms with Crippen molar-refractivity contribution < 1.29 is 9.53 Å². The Morgan fingerprint density at radius 1 is 1.56 bits per heavy atom. The monoisotopic (exact) mass is 350 g/mol. The van der Waals surface area contributed by atoms with Crippen LogP contribution in [0.5, 0.6) is 0 Å². The van der Waals surface area contributed by atoms with Crippen LogP contribution < -0.4 is 0 Å². The van der Waals surface area contributed by atoms with Gasteiger partial charge in [0.2, 0.25) is 0 Å². The van der Waals surface area contributed by atoms with Gasteiger partial charge in [-0.25, -0.2) is 0 Å². The molecule has 1 saturated carbocycles. The number of carbonyl (C=O) groups is 1. The van der Waals surface area contributed by atoms with Crippen LogP contribution in [0.15, 0.2) is 18.2 Å². The van der Waals surface area contributed by atoms with Gasteiger partial charge < -0.3 is 4.74 Å². The molecule has 0 heterocycles. The van der Waals surface area contributed by atoms with Gasteiger partial charge in [-0.15, -0.1) is 0 Å². The van der Waals surface area contributed by atoms with Gasteiger partial charge in [-0.1, -0.05) is 17.7 Å². The average Bonchev–Trinajstić information content (AvgIpc) is 3.05. The summed E-state index contributed by atoms with van der Waals surface area (Å²) < 4.78 is 5.91. The Balaban J connectivity index is 2.34. The number of hydrogen-bond donors (Lipinski definition) is 0. The first-order valence-electron chi connectivity index (χ1n) is 5.16. The van der Waals surface area contributed by atoms with Crippen molar-refractivity contribution in [1.29, 1.82) is 0 Å². The second-order valence-electron chi connectivity index (χ2n) is 4.00. The number of carbonyl (C=O) groups excluding carboxylic acids is 1. The molecule has 0 saturated heterocycles. The summed E-state index contributed by atoms with van der Waals surface area (Å²) in [7, 11) is 1.44. The lowest BCUT2D eigenvalue weighted by molar-refractivity contribution is -0.143. The van der Waals surface area contributed by atoms with Crippen LogP contribution in [0.4, 0.5) is 0 Å². The zero-order chi connectivity index (χ0) is 11.7. The number of hydrogen-bond acceptors (Lipinski definition) is 2. The summed E-state index contributed by atoms with van der Waals surface area (Å²) in [4.78, 5) is 11.8. The molecule has 0 amide bonds. The van der Waals surface area contributed by atoms with Crippen LogP contribution in [-0.2, 0) is 9.53 Å². The molecule has 1 aliphatic carbocycles. The van der Waals surface area contributed by atoms with Crippen LogP contribution in [0, 0.1) is 9.49 Å². The van der Waals surface area contributed by atoms with Crippen LogP contribution in [0.2, 0.25) is 5.02 Å². The van der Waals surface area contributed by atoms with Crippen LogP contribution in [0.1, 0.15) is 24.3 Å². The highest BCUT2D eigenvalue weighted by molar-refractivity contribution is 14.1. The quantitative estimate of drug-likeness (QED) is 0.615. The lowest BCUT2D eigenvalue weighted by atomic mass is 9.94. The molecule has 16 heavy (non-hydrogen) atoms. The summed E-state index contributed by atoms with van der Waals surface area (Å²) in [6.07, 6.45) is 2.22. The number of rotatable bonds is 3. The van der Waals surface area contributed by atoms with Gasteiger partial charge in [-0.3, -0.25) is 4.79 Å². The van der Waals surface area contributed by atoms with E-state index in [4.69, 9.17) is 16.3 Å². The highest BCUT2D eigenvalue weighted by Crippen LogP contribution is 2.44. The number of methoxy groups -OCH3 is 1. The van der Waals surface area contributed by atoms with E-state index in [0.717, 1.165) is 22.0 Å². The SMILES string of the molecule is COC(=O)C(c1ccc(Cl)cc1I)C1CC1. The smallest absolute Gasteiger partial charge is 0.313 e. The van der Waals surface area contributed by atoms with E-state index in [9.17, 15) is 4.79 Å². The molecule has 1 aromatic rings. The number of ether oxygens (including phenoxy) is 1. The number of benzene rings is 1. The third-order valence-corrected chi connectivity index (χ3v) is 4.02. The van der Waals surface area contributed by atoms with Gasteiger partial charge in [-0.2, -0.15) is 0 Å². The van der Waals surface area contributed by atoms with Crippen LogP contribution in [-0.4, -0.2) is 13.1 Å². The number of esters is 1. The van der Waals surface area contributed by atoms with E-state index in [1.807, 2.05) is 18.2 Å². The van der Waals surface area contributed by atoms with E-state index < -0.39 is 0 Å². The maximum Gasteiger partial charge on any atom is 0.313 e. The second-order valence-corrected chi connectivity index (χ2v) is 5.60. The van der Waals surface area contributed by atoms with Crippen molar-refractivity contribution in [2.75, 3.05) is 7.11 Å². The van der Waals surface area contributed by atoms with Crippen molar-refractivity contribution in [3.05, 3.63) is 32.4 Å². The van der Waals surface area contributed by atoms with Crippen LogP contribution in [0.25, 0.3) is 0 Å². The van der Waals surface area contributed by atoms with Gasteiger partial charge in [0, 0.05) is 8.59 Å². The Labute approximate surface area is 113 Å². The van der Waals surface area contributed by atoms with Gasteiger partial charge in [0.1, 0.15) is 0 Å². The fraction of sp³-hybridized carbons (Fsp3) is 0.417. The molecule has 1 atom stereocenters. The topological polar surface area (TPSA) is 26.3 Å². The lowest BCUT2D eigenvalue weighted by Gasteiger charge is -2.15. The highest BCUT2D eigenvalue weighted by atomic mass is 127. The summed E-state index contributed by atoms with van der Waals surface area (Å²) >= 11 is 8.13. The minimum absolute atomic E-state index is 0.117. The summed E-state index contributed by atoms with van der Waals surface area (Å²) in [5.74, 6) is 0.194. The van der Waals surface area contributed by atoms with Crippen molar-refractivity contribution in [2.24, 2.45) is 5.92 Å². The largest absolute Gasteiger partial charge is 0.469 e. The van der Waals surface area contributed by atoms with Crippen LogP contribution in [0.3, 0.4) is 0 Å². The third-order valence-electron chi connectivity index (χ3n) is 2.85. The van der Waals surface area contributed by atoms with Gasteiger partial charge >= 0.3 is 5.97 Å². The maximum absolute atomic E-state index is 11.8. The molecular formula is C12H12ClIO2. The van der Waals surface area contributed by atoms with E-state index in [0.29, 0.717) is 10.9 Å². The predicted molar refractivity (Wildman–Crippen MR) is 71.7 cm³/mol. The van der Waals surface area contributed by atoms with E-state index >= 15 is 0 Å². The first-order chi connectivity index (χ1) is 7.63. The summed E-state index contributed by atoms with van der Waals surface area (Å²) in [6, 6.07) is 5.65. The Kier molecular flexibility index (Phi) is 3.74. The van der Waals surface area contributed by atoms with E-state index in [1.54, 1.807) is 0 Å². The predicted octanol–water partition coefficient (Wildman–Crippen LogP) is 3.61. The molecule has 1 aromatic carbocycles. The van der Waals surface area contributed by atoms with Gasteiger partial charge in [0.15, 0.2) is 0 Å². The Morgan fingerprint density at radius 2 is 2.25 bits per heavy atom. The van der Waals surface area contributed by atoms with Crippen molar-refractivity contribution in [1.82, 2.24) is 0 Å².